The van der Waals surface area contributed by atoms with Crippen LogP contribution < -0.4 is 10.1 Å². The number of carboxylic acids is 1. The number of nitrogens with zero attached hydrogens (tertiary/aromatic N) is 1. The smallest absolute Gasteiger partial charge is 0.338 e. The van der Waals surface area contributed by atoms with E-state index in [9.17, 15) is 4.79 Å². The zero-order chi connectivity index (χ0) is 11.5. The summed E-state index contributed by atoms with van der Waals surface area (Å²) in [5.41, 5.74) is -0.0410. The van der Waals surface area contributed by atoms with Crippen molar-refractivity contribution in [3.8, 4) is 5.75 Å². The highest BCUT2D eigenvalue weighted by atomic mass is 35.5. The molecule has 1 aliphatic rings. The molecule has 0 unspecified atom stereocenters. The summed E-state index contributed by atoms with van der Waals surface area (Å²) in [6, 6.07) is 1.74. The third-order valence-corrected chi connectivity index (χ3v) is 2.72. The number of rotatable bonds is 4. The van der Waals surface area contributed by atoms with E-state index in [4.69, 9.17) is 21.4 Å². The number of hydrogen-bond donors (Lipinski definition) is 2. The van der Waals surface area contributed by atoms with Crippen molar-refractivity contribution in [3.63, 3.8) is 0 Å². The SMILES string of the molecule is O=C(O)c1cc(OC[C@@H]2CCN2)cnc1Cl. The predicted molar refractivity (Wildman–Crippen MR) is 58.1 cm³/mol. The van der Waals surface area contributed by atoms with E-state index in [0.717, 1.165) is 13.0 Å². The fraction of sp³-hybridized carbons (Fsp3) is 0.400. The van der Waals surface area contributed by atoms with Crippen molar-refractivity contribution in [3.05, 3.63) is 23.0 Å². The lowest BCUT2D eigenvalue weighted by Crippen LogP contribution is -2.46. The highest BCUT2D eigenvalue weighted by Gasteiger charge is 2.17. The van der Waals surface area contributed by atoms with Crippen LogP contribution in [0.5, 0.6) is 5.75 Å². The lowest BCUT2D eigenvalue weighted by atomic mass is 10.1. The molecule has 0 bridgehead atoms. The fourth-order valence-corrected chi connectivity index (χ4v) is 1.53. The quantitative estimate of drug-likeness (QED) is 0.776. The zero-order valence-corrected chi connectivity index (χ0v) is 9.20. The second-order valence-electron chi connectivity index (χ2n) is 3.57. The molecule has 16 heavy (non-hydrogen) atoms. The largest absolute Gasteiger partial charge is 0.490 e. The van der Waals surface area contributed by atoms with Crippen molar-refractivity contribution < 1.29 is 14.6 Å². The molecule has 2 rings (SSSR count). The van der Waals surface area contributed by atoms with E-state index >= 15 is 0 Å². The van der Waals surface area contributed by atoms with Crippen LogP contribution in [-0.2, 0) is 0 Å². The van der Waals surface area contributed by atoms with Crippen LogP contribution in [0.25, 0.3) is 0 Å². The minimum Gasteiger partial charge on any atom is -0.490 e. The van der Waals surface area contributed by atoms with Crippen molar-refractivity contribution in [2.24, 2.45) is 0 Å². The third kappa shape index (κ3) is 2.43. The highest BCUT2D eigenvalue weighted by Crippen LogP contribution is 2.19. The van der Waals surface area contributed by atoms with E-state index in [2.05, 4.69) is 10.3 Å². The molecule has 1 fully saturated rings. The molecule has 2 heterocycles. The molecule has 1 atom stereocenters. The molecule has 86 valence electrons. The molecule has 1 aliphatic heterocycles. The number of ether oxygens (including phenoxy) is 1. The van der Waals surface area contributed by atoms with Gasteiger partial charge in [0.1, 0.15) is 23.1 Å². The average Bonchev–Trinajstić information content (AvgIpc) is 2.17. The number of carbonyl (C=O) groups is 1. The Morgan fingerprint density at radius 1 is 1.75 bits per heavy atom. The number of carboxylic acid groups (broad SMARTS) is 1. The fourth-order valence-electron chi connectivity index (χ4n) is 1.35. The van der Waals surface area contributed by atoms with E-state index in [1.54, 1.807) is 0 Å². The Morgan fingerprint density at radius 2 is 2.50 bits per heavy atom. The molecule has 0 radical (unpaired) electrons. The van der Waals surface area contributed by atoms with Gasteiger partial charge in [0.15, 0.2) is 0 Å². The molecular weight excluding hydrogens is 232 g/mol. The first kappa shape index (κ1) is 11.2. The Kier molecular flexibility index (Phi) is 3.26. The van der Waals surface area contributed by atoms with Gasteiger partial charge in [0.25, 0.3) is 0 Å². The molecule has 2 N–H and O–H groups in total. The minimum absolute atomic E-state index is 0.0263. The van der Waals surface area contributed by atoms with E-state index in [0.29, 0.717) is 18.4 Å². The molecule has 0 saturated carbocycles. The molecule has 1 aromatic heterocycles. The second-order valence-corrected chi connectivity index (χ2v) is 3.92. The molecule has 0 aliphatic carbocycles. The molecule has 1 aromatic rings. The summed E-state index contributed by atoms with van der Waals surface area (Å²) in [5.74, 6) is -0.680. The Morgan fingerprint density at radius 3 is 3.06 bits per heavy atom. The van der Waals surface area contributed by atoms with Crippen molar-refractivity contribution in [2.75, 3.05) is 13.2 Å². The van der Waals surface area contributed by atoms with Gasteiger partial charge in [-0.25, -0.2) is 9.78 Å². The first-order valence-electron chi connectivity index (χ1n) is 4.92. The maximum Gasteiger partial charge on any atom is 0.338 e. The molecular formula is C10H11ClN2O3. The maximum atomic E-state index is 10.8. The van der Waals surface area contributed by atoms with Crippen molar-refractivity contribution in [2.45, 2.75) is 12.5 Å². The third-order valence-electron chi connectivity index (χ3n) is 2.42. The second kappa shape index (κ2) is 4.67. The summed E-state index contributed by atoms with van der Waals surface area (Å²) in [6.45, 7) is 1.52. The molecule has 0 amide bonds. The first-order valence-corrected chi connectivity index (χ1v) is 5.29. The van der Waals surface area contributed by atoms with Gasteiger partial charge in [-0.15, -0.1) is 0 Å². The van der Waals surface area contributed by atoms with Crippen molar-refractivity contribution in [1.82, 2.24) is 10.3 Å². The number of hydrogen-bond acceptors (Lipinski definition) is 4. The zero-order valence-electron chi connectivity index (χ0n) is 8.44. The Labute approximate surface area is 97.4 Å². The molecule has 0 spiro atoms. The summed E-state index contributed by atoms with van der Waals surface area (Å²) >= 11 is 5.63. The van der Waals surface area contributed by atoms with Crippen LogP contribution in [0.1, 0.15) is 16.8 Å². The normalized spacial score (nSPS) is 18.9. The van der Waals surface area contributed by atoms with Gasteiger partial charge >= 0.3 is 5.97 Å². The van der Waals surface area contributed by atoms with Gasteiger partial charge in [-0.3, -0.25) is 0 Å². The predicted octanol–water partition coefficient (Wildman–Crippen LogP) is 1.17. The minimum atomic E-state index is -1.11. The molecule has 1 saturated heterocycles. The van der Waals surface area contributed by atoms with Gasteiger partial charge in [0.05, 0.1) is 6.20 Å². The summed E-state index contributed by atoms with van der Waals surface area (Å²) in [5, 5.41) is 12.0. The van der Waals surface area contributed by atoms with Gasteiger partial charge in [0, 0.05) is 6.04 Å². The number of halogens is 1. The maximum absolute atomic E-state index is 10.8. The van der Waals surface area contributed by atoms with Crippen LogP contribution in [0, 0.1) is 0 Å². The van der Waals surface area contributed by atoms with E-state index in [1.165, 1.54) is 12.3 Å². The van der Waals surface area contributed by atoms with E-state index in [1.807, 2.05) is 0 Å². The summed E-state index contributed by atoms with van der Waals surface area (Å²) in [6.07, 6.45) is 2.50. The van der Waals surface area contributed by atoms with Crippen LogP contribution in [-0.4, -0.2) is 35.3 Å². The highest BCUT2D eigenvalue weighted by molar-refractivity contribution is 6.32. The number of aromatic nitrogens is 1. The Hall–Kier alpha value is -1.33. The molecule has 6 heteroatoms. The number of pyridine rings is 1. The summed E-state index contributed by atoms with van der Waals surface area (Å²) in [4.78, 5) is 14.5. The van der Waals surface area contributed by atoms with Gasteiger partial charge < -0.3 is 15.2 Å². The standard InChI is InChI=1S/C10H11ClN2O3/c11-9-8(10(14)15)3-7(4-13-9)16-5-6-1-2-12-6/h3-4,6,12H,1-2,5H2,(H,14,15)/t6-/m0/s1. The van der Waals surface area contributed by atoms with Crippen LogP contribution in [0.2, 0.25) is 5.15 Å². The van der Waals surface area contributed by atoms with E-state index in [-0.39, 0.29) is 10.7 Å². The van der Waals surface area contributed by atoms with Gasteiger partial charge in [0.2, 0.25) is 0 Å². The molecule has 5 nitrogen and oxygen atoms in total. The summed E-state index contributed by atoms with van der Waals surface area (Å²) in [7, 11) is 0. The Balaban J connectivity index is 2.03. The van der Waals surface area contributed by atoms with Crippen LogP contribution in [0.4, 0.5) is 0 Å². The Bertz CT molecular complexity index is 407. The average molecular weight is 243 g/mol. The van der Waals surface area contributed by atoms with Gasteiger partial charge in [-0.2, -0.15) is 0 Å². The van der Waals surface area contributed by atoms with Crippen LogP contribution >= 0.6 is 11.6 Å². The number of nitrogens with one attached hydrogen (secondary N) is 1. The monoisotopic (exact) mass is 242 g/mol. The van der Waals surface area contributed by atoms with Crippen LogP contribution in [0.3, 0.4) is 0 Å². The number of aromatic carboxylic acids is 1. The van der Waals surface area contributed by atoms with Crippen molar-refractivity contribution in [1.29, 1.82) is 0 Å². The molecule has 0 aromatic carbocycles. The summed E-state index contributed by atoms with van der Waals surface area (Å²) < 4.78 is 5.41. The topological polar surface area (TPSA) is 71.5 Å². The van der Waals surface area contributed by atoms with E-state index < -0.39 is 5.97 Å². The van der Waals surface area contributed by atoms with Gasteiger partial charge in [-0.05, 0) is 19.0 Å². The van der Waals surface area contributed by atoms with Gasteiger partial charge in [-0.1, -0.05) is 11.6 Å². The van der Waals surface area contributed by atoms with Crippen molar-refractivity contribution >= 4 is 17.6 Å². The lowest BCUT2D eigenvalue weighted by molar-refractivity contribution is 0.0696. The lowest BCUT2D eigenvalue weighted by Gasteiger charge is -2.27. The first-order chi connectivity index (χ1) is 7.66. The van der Waals surface area contributed by atoms with Crippen LogP contribution in [0.15, 0.2) is 12.3 Å².